The van der Waals surface area contributed by atoms with E-state index in [9.17, 15) is 18.5 Å². The molecule has 0 radical (unpaired) electrons. The largest absolute Gasteiger partial charge is 0.366 e. The molecule has 3 aromatic rings. The first-order valence-electron chi connectivity index (χ1n) is 9.90. The number of aryl methyl sites for hydroxylation is 1. The molecule has 0 bridgehead atoms. The number of nitrogens with zero attached hydrogens (tertiary/aromatic N) is 5. The Labute approximate surface area is 180 Å². The first-order valence-corrected chi connectivity index (χ1v) is 11.3. The minimum atomic E-state index is -3.70. The molecule has 1 aliphatic rings. The fourth-order valence-corrected chi connectivity index (χ4v) is 5.38. The van der Waals surface area contributed by atoms with Crippen LogP contribution in [0, 0.1) is 24.0 Å². The van der Waals surface area contributed by atoms with Crippen molar-refractivity contribution in [3.05, 3.63) is 76.1 Å². The van der Waals surface area contributed by atoms with Gasteiger partial charge in [-0.3, -0.25) is 10.1 Å². The van der Waals surface area contributed by atoms with E-state index in [1.54, 1.807) is 0 Å². The van der Waals surface area contributed by atoms with Crippen LogP contribution in [0.1, 0.15) is 11.4 Å². The minimum absolute atomic E-state index is 0.0656. The zero-order chi connectivity index (χ0) is 22.2. The lowest BCUT2D eigenvalue weighted by Gasteiger charge is -2.35. The zero-order valence-electron chi connectivity index (χ0n) is 17.3. The van der Waals surface area contributed by atoms with Gasteiger partial charge in [0.2, 0.25) is 10.0 Å². The molecule has 0 amide bonds. The van der Waals surface area contributed by atoms with Gasteiger partial charge in [-0.15, -0.1) is 0 Å². The Morgan fingerprint density at radius 1 is 0.935 bits per heavy atom. The summed E-state index contributed by atoms with van der Waals surface area (Å²) < 4.78 is 29.2. The summed E-state index contributed by atoms with van der Waals surface area (Å²) in [5, 5.41) is 15.5. The Bertz CT molecular complexity index is 1200. The van der Waals surface area contributed by atoms with Crippen molar-refractivity contribution in [1.82, 2.24) is 14.1 Å². The van der Waals surface area contributed by atoms with E-state index in [0.29, 0.717) is 26.2 Å². The first-order chi connectivity index (χ1) is 14.8. The van der Waals surface area contributed by atoms with Gasteiger partial charge in [0.05, 0.1) is 32.6 Å². The Kier molecular flexibility index (Phi) is 5.50. The monoisotopic (exact) mass is 441 g/mol. The van der Waals surface area contributed by atoms with E-state index in [1.807, 2.05) is 48.9 Å². The molecular weight excluding hydrogens is 418 g/mol. The number of nitro benzene ring substituents is 1. The summed E-state index contributed by atoms with van der Waals surface area (Å²) >= 11 is 0. The van der Waals surface area contributed by atoms with E-state index in [4.69, 9.17) is 0 Å². The van der Waals surface area contributed by atoms with Gasteiger partial charge in [-0.1, -0.05) is 18.2 Å². The number of hydrogen-bond acceptors (Lipinski definition) is 6. The standard InChI is InChI=1S/C21H23N5O4S/c1-16-21(17(2)25(22-16)18-6-4-3-5-7-18)23-12-14-24(15-13-23)31(29,30)20-10-8-19(9-11-20)26(27)28/h3-11H,12-15H2,1-2H3. The fourth-order valence-electron chi connectivity index (χ4n) is 3.95. The topological polar surface area (TPSA) is 102 Å². The molecule has 2 heterocycles. The highest BCUT2D eigenvalue weighted by Crippen LogP contribution is 2.29. The summed E-state index contributed by atoms with van der Waals surface area (Å²) in [4.78, 5) is 12.5. The number of aromatic nitrogens is 2. The van der Waals surface area contributed by atoms with Gasteiger partial charge in [0.25, 0.3) is 5.69 Å². The van der Waals surface area contributed by atoms with Gasteiger partial charge in [0, 0.05) is 38.3 Å². The third kappa shape index (κ3) is 3.91. The van der Waals surface area contributed by atoms with Crippen molar-refractivity contribution in [3.63, 3.8) is 0 Å². The van der Waals surface area contributed by atoms with Crippen LogP contribution < -0.4 is 4.90 Å². The van der Waals surface area contributed by atoms with Crippen LogP contribution in [-0.4, -0.2) is 53.6 Å². The predicted molar refractivity (Wildman–Crippen MR) is 117 cm³/mol. The predicted octanol–water partition coefficient (Wildman–Crippen LogP) is 2.91. The number of hydrogen-bond donors (Lipinski definition) is 0. The quantitative estimate of drug-likeness (QED) is 0.446. The van der Waals surface area contributed by atoms with Crippen LogP contribution in [-0.2, 0) is 10.0 Å². The summed E-state index contributed by atoms with van der Waals surface area (Å²) in [6.45, 7) is 5.70. The molecule has 4 rings (SSSR count). The van der Waals surface area contributed by atoms with Crippen LogP contribution >= 0.6 is 0 Å². The lowest BCUT2D eigenvalue weighted by atomic mass is 10.2. The van der Waals surface area contributed by atoms with Crippen LogP contribution in [0.5, 0.6) is 0 Å². The Morgan fingerprint density at radius 2 is 1.55 bits per heavy atom. The Hall–Kier alpha value is -3.24. The molecule has 0 atom stereocenters. The molecule has 1 aliphatic heterocycles. The second-order valence-electron chi connectivity index (χ2n) is 7.41. The molecule has 0 unspecified atom stereocenters. The molecule has 162 valence electrons. The molecule has 0 N–H and O–H groups in total. The zero-order valence-corrected chi connectivity index (χ0v) is 18.1. The summed E-state index contributed by atoms with van der Waals surface area (Å²) in [5.74, 6) is 0. The number of non-ortho nitro benzene ring substituents is 1. The van der Waals surface area contributed by atoms with Crippen molar-refractivity contribution < 1.29 is 13.3 Å². The first kappa shape index (κ1) is 21.0. The molecule has 1 aromatic heterocycles. The Balaban J connectivity index is 1.51. The smallest absolute Gasteiger partial charge is 0.269 e. The maximum absolute atomic E-state index is 13.0. The van der Waals surface area contributed by atoms with Gasteiger partial charge in [0.1, 0.15) is 0 Å². The van der Waals surface area contributed by atoms with Crippen molar-refractivity contribution in [2.75, 3.05) is 31.1 Å². The number of nitro groups is 1. The lowest BCUT2D eigenvalue weighted by Crippen LogP contribution is -2.49. The van der Waals surface area contributed by atoms with E-state index in [-0.39, 0.29) is 10.6 Å². The number of para-hydroxylation sites is 1. The van der Waals surface area contributed by atoms with Gasteiger partial charge in [-0.05, 0) is 38.1 Å². The number of rotatable bonds is 5. The second kappa shape index (κ2) is 8.12. The van der Waals surface area contributed by atoms with Crippen LogP contribution in [0.25, 0.3) is 5.69 Å². The van der Waals surface area contributed by atoms with E-state index >= 15 is 0 Å². The third-order valence-electron chi connectivity index (χ3n) is 5.49. The van der Waals surface area contributed by atoms with Crippen LogP contribution in [0.3, 0.4) is 0 Å². The third-order valence-corrected chi connectivity index (χ3v) is 7.41. The van der Waals surface area contributed by atoms with Crippen molar-refractivity contribution in [1.29, 1.82) is 0 Å². The highest BCUT2D eigenvalue weighted by Gasteiger charge is 2.30. The molecule has 31 heavy (non-hydrogen) atoms. The molecule has 0 aliphatic carbocycles. The van der Waals surface area contributed by atoms with E-state index in [2.05, 4.69) is 10.00 Å². The number of anilines is 1. The molecule has 1 fully saturated rings. The second-order valence-corrected chi connectivity index (χ2v) is 9.35. The highest BCUT2D eigenvalue weighted by molar-refractivity contribution is 7.89. The van der Waals surface area contributed by atoms with Gasteiger partial charge in [-0.25, -0.2) is 13.1 Å². The average molecular weight is 442 g/mol. The average Bonchev–Trinajstić information content (AvgIpc) is 3.08. The van der Waals surface area contributed by atoms with Crippen LogP contribution in [0.15, 0.2) is 59.5 Å². The number of benzene rings is 2. The van der Waals surface area contributed by atoms with Crippen molar-refractivity contribution in [2.45, 2.75) is 18.7 Å². The SMILES string of the molecule is Cc1nn(-c2ccccc2)c(C)c1N1CCN(S(=O)(=O)c2ccc([N+](=O)[O-])cc2)CC1. The molecule has 9 nitrogen and oxygen atoms in total. The summed E-state index contributed by atoms with van der Waals surface area (Å²) in [7, 11) is -3.70. The van der Waals surface area contributed by atoms with Crippen molar-refractivity contribution >= 4 is 21.4 Å². The fraction of sp³-hybridized carbons (Fsp3) is 0.286. The number of piperazine rings is 1. The number of sulfonamides is 1. The summed E-state index contributed by atoms with van der Waals surface area (Å²) in [6, 6.07) is 14.9. The van der Waals surface area contributed by atoms with E-state index in [0.717, 1.165) is 22.8 Å². The van der Waals surface area contributed by atoms with Gasteiger partial charge in [0.15, 0.2) is 0 Å². The molecule has 0 saturated carbocycles. The van der Waals surface area contributed by atoms with Crippen molar-refractivity contribution in [3.8, 4) is 5.69 Å². The minimum Gasteiger partial charge on any atom is -0.366 e. The molecular formula is C21H23N5O4S. The molecule has 0 spiro atoms. The molecule has 1 saturated heterocycles. The van der Waals surface area contributed by atoms with Gasteiger partial charge in [-0.2, -0.15) is 9.40 Å². The normalized spacial score (nSPS) is 15.2. The van der Waals surface area contributed by atoms with E-state index < -0.39 is 14.9 Å². The van der Waals surface area contributed by atoms with Crippen molar-refractivity contribution in [2.24, 2.45) is 0 Å². The van der Waals surface area contributed by atoms with Crippen LogP contribution in [0.2, 0.25) is 0 Å². The van der Waals surface area contributed by atoms with Crippen LogP contribution in [0.4, 0.5) is 11.4 Å². The maximum Gasteiger partial charge on any atom is 0.269 e. The Morgan fingerprint density at radius 3 is 2.13 bits per heavy atom. The maximum atomic E-state index is 13.0. The lowest BCUT2D eigenvalue weighted by molar-refractivity contribution is -0.384. The highest BCUT2D eigenvalue weighted by atomic mass is 32.2. The molecule has 2 aromatic carbocycles. The summed E-state index contributed by atoms with van der Waals surface area (Å²) in [5.41, 5.74) is 3.78. The summed E-state index contributed by atoms with van der Waals surface area (Å²) in [6.07, 6.45) is 0. The van der Waals surface area contributed by atoms with Gasteiger partial charge < -0.3 is 4.90 Å². The van der Waals surface area contributed by atoms with E-state index in [1.165, 1.54) is 28.6 Å². The van der Waals surface area contributed by atoms with Gasteiger partial charge >= 0.3 is 0 Å². The molecule has 10 heteroatoms.